The maximum Gasteiger partial charge on any atom is 0.236 e. The van der Waals surface area contributed by atoms with Crippen LogP contribution in [0.25, 0.3) is 0 Å². The molecule has 0 saturated heterocycles. The van der Waals surface area contributed by atoms with Crippen LogP contribution in [0.4, 0.5) is 0 Å². The summed E-state index contributed by atoms with van der Waals surface area (Å²) in [5, 5.41) is 3.25. The summed E-state index contributed by atoms with van der Waals surface area (Å²) in [4.78, 5) is 13.6. The molecular weight excluding hydrogens is 176 g/mol. The van der Waals surface area contributed by atoms with Crippen LogP contribution in [0.1, 0.15) is 26.2 Å². The molecule has 78 valence electrons. The van der Waals surface area contributed by atoms with Gasteiger partial charge in [0.2, 0.25) is 5.91 Å². The third kappa shape index (κ3) is 2.58. The van der Waals surface area contributed by atoms with Crippen LogP contribution in [0.5, 0.6) is 0 Å². The van der Waals surface area contributed by atoms with Crippen molar-refractivity contribution in [1.29, 1.82) is 0 Å². The fourth-order valence-corrected chi connectivity index (χ4v) is 1.63. The van der Waals surface area contributed by atoms with Crippen molar-refractivity contribution < 1.29 is 4.79 Å². The zero-order valence-corrected chi connectivity index (χ0v) is 8.75. The molecule has 2 aliphatic rings. The molecule has 0 spiro atoms. The van der Waals surface area contributed by atoms with E-state index < -0.39 is 0 Å². The van der Waals surface area contributed by atoms with Crippen molar-refractivity contribution >= 4 is 5.91 Å². The molecule has 0 aromatic rings. The summed E-state index contributed by atoms with van der Waals surface area (Å²) in [5.74, 6) is 0.251. The van der Waals surface area contributed by atoms with Crippen LogP contribution in [0.15, 0.2) is 11.6 Å². The number of rotatable bonds is 3. The normalized spacial score (nSPS) is 22.1. The average molecular weight is 194 g/mol. The van der Waals surface area contributed by atoms with Gasteiger partial charge in [-0.2, -0.15) is 0 Å². The first-order valence-electron chi connectivity index (χ1n) is 5.42. The number of hydrogen-bond donors (Lipinski definition) is 1. The van der Waals surface area contributed by atoms with Gasteiger partial charge in [-0.15, -0.1) is 0 Å². The lowest BCUT2D eigenvalue weighted by molar-refractivity contribution is -0.129. The van der Waals surface area contributed by atoms with E-state index in [9.17, 15) is 4.79 Å². The van der Waals surface area contributed by atoms with Gasteiger partial charge in [0.1, 0.15) is 0 Å². The highest BCUT2D eigenvalue weighted by Crippen LogP contribution is 2.18. The van der Waals surface area contributed by atoms with Gasteiger partial charge in [-0.25, -0.2) is 0 Å². The second-order valence-corrected chi connectivity index (χ2v) is 4.30. The minimum atomic E-state index is 0.251. The van der Waals surface area contributed by atoms with E-state index in [1.807, 2.05) is 4.90 Å². The summed E-state index contributed by atoms with van der Waals surface area (Å²) in [7, 11) is 0. The van der Waals surface area contributed by atoms with Gasteiger partial charge in [0.15, 0.2) is 0 Å². The molecule has 0 aromatic carbocycles. The van der Waals surface area contributed by atoms with E-state index in [0.29, 0.717) is 12.6 Å². The van der Waals surface area contributed by atoms with Crippen molar-refractivity contribution in [2.45, 2.75) is 32.2 Å². The van der Waals surface area contributed by atoms with Crippen LogP contribution in [0.2, 0.25) is 0 Å². The van der Waals surface area contributed by atoms with Crippen molar-refractivity contribution in [3.8, 4) is 0 Å². The van der Waals surface area contributed by atoms with Gasteiger partial charge in [0.05, 0.1) is 6.54 Å². The predicted molar refractivity (Wildman–Crippen MR) is 56.0 cm³/mol. The molecule has 0 unspecified atom stereocenters. The Kier molecular flexibility index (Phi) is 2.87. The molecule has 1 aliphatic heterocycles. The molecule has 3 heteroatoms. The Morgan fingerprint density at radius 3 is 3.00 bits per heavy atom. The highest BCUT2D eigenvalue weighted by atomic mass is 16.2. The predicted octanol–water partition coefficient (Wildman–Crippen LogP) is 0.917. The lowest BCUT2D eigenvalue weighted by Crippen LogP contribution is -2.40. The van der Waals surface area contributed by atoms with Crippen LogP contribution in [-0.2, 0) is 4.79 Å². The van der Waals surface area contributed by atoms with Crippen LogP contribution in [0.3, 0.4) is 0 Å². The maximum absolute atomic E-state index is 11.7. The Morgan fingerprint density at radius 1 is 1.64 bits per heavy atom. The van der Waals surface area contributed by atoms with Gasteiger partial charge in [0, 0.05) is 19.1 Å². The number of hydrogen-bond acceptors (Lipinski definition) is 2. The van der Waals surface area contributed by atoms with E-state index in [4.69, 9.17) is 0 Å². The summed E-state index contributed by atoms with van der Waals surface area (Å²) in [6.45, 7) is 4.35. The van der Waals surface area contributed by atoms with E-state index >= 15 is 0 Å². The fourth-order valence-electron chi connectivity index (χ4n) is 1.63. The largest absolute Gasteiger partial charge is 0.338 e. The minimum Gasteiger partial charge on any atom is -0.338 e. The molecule has 14 heavy (non-hydrogen) atoms. The number of nitrogens with one attached hydrogen (secondary N) is 1. The summed E-state index contributed by atoms with van der Waals surface area (Å²) < 4.78 is 0. The van der Waals surface area contributed by atoms with Crippen LogP contribution < -0.4 is 5.32 Å². The molecule has 1 aliphatic carbocycles. The van der Waals surface area contributed by atoms with Gasteiger partial charge >= 0.3 is 0 Å². The molecule has 0 aromatic heterocycles. The molecular formula is C11H18N2O. The first-order valence-corrected chi connectivity index (χ1v) is 5.42. The zero-order chi connectivity index (χ0) is 9.97. The van der Waals surface area contributed by atoms with Crippen LogP contribution >= 0.6 is 0 Å². The number of carbonyl (C=O) groups is 1. The number of nitrogens with zero attached hydrogens (tertiary/aromatic N) is 1. The zero-order valence-electron chi connectivity index (χ0n) is 8.75. The van der Waals surface area contributed by atoms with Gasteiger partial charge in [-0.3, -0.25) is 4.79 Å². The Balaban J connectivity index is 1.74. The van der Waals surface area contributed by atoms with Crippen molar-refractivity contribution in [2.75, 3.05) is 19.6 Å². The number of amides is 1. The highest BCUT2D eigenvalue weighted by Gasteiger charge is 2.23. The summed E-state index contributed by atoms with van der Waals surface area (Å²) in [6.07, 6.45) is 5.67. The molecule has 0 atom stereocenters. The molecule has 0 bridgehead atoms. The lowest BCUT2D eigenvalue weighted by atomic mass is 10.1. The second-order valence-electron chi connectivity index (χ2n) is 4.30. The van der Waals surface area contributed by atoms with E-state index in [1.54, 1.807) is 0 Å². The van der Waals surface area contributed by atoms with E-state index in [1.165, 1.54) is 18.4 Å². The molecule has 1 saturated carbocycles. The van der Waals surface area contributed by atoms with E-state index in [0.717, 1.165) is 19.5 Å². The van der Waals surface area contributed by atoms with Gasteiger partial charge in [-0.05, 0) is 26.2 Å². The Morgan fingerprint density at radius 2 is 2.43 bits per heavy atom. The maximum atomic E-state index is 11.7. The van der Waals surface area contributed by atoms with Gasteiger partial charge in [0.25, 0.3) is 0 Å². The Bertz CT molecular complexity index is 256. The van der Waals surface area contributed by atoms with Crippen molar-refractivity contribution in [1.82, 2.24) is 10.2 Å². The first-order chi connectivity index (χ1) is 6.75. The van der Waals surface area contributed by atoms with Crippen LogP contribution in [0, 0.1) is 0 Å². The summed E-state index contributed by atoms with van der Waals surface area (Å²) in [5.41, 5.74) is 1.41. The highest BCUT2D eigenvalue weighted by molar-refractivity contribution is 5.78. The lowest BCUT2D eigenvalue weighted by Gasteiger charge is -2.25. The smallest absolute Gasteiger partial charge is 0.236 e. The first kappa shape index (κ1) is 9.71. The molecule has 1 heterocycles. The summed E-state index contributed by atoms with van der Waals surface area (Å²) in [6, 6.07) is 0.626. The quantitative estimate of drug-likeness (QED) is 0.677. The van der Waals surface area contributed by atoms with Crippen molar-refractivity contribution in [2.24, 2.45) is 0 Å². The fraction of sp³-hybridized carbons (Fsp3) is 0.727. The molecule has 3 nitrogen and oxygen atoms in total. The average Bonchev–Trinajstić information content (AvgIpc) is 2.99. The number of carbonyl (C=O) groups excluding carboxylic acids is 1. The van der Waals surface area contributed by atoms with Gasteiger partial charge in [-0.1, -0.05) is 11.6 Å². The monoisotopic (exact) mass is 194 g/mol. The molecule has 0 radical (unpaired) electrons. The van der Waals surface area contributed by atoms with E-state index in [-0.39, 0.29) is 5.91 Å². The summed E-state index contributed by atoms with van der Waals surface area (Å²) >= 11 is 0. The second kappa shape index (κ2) is 4.13. The molecule has 1 fully saturated rings. The third-order valence-corrected chi connectivity index (χ3v) is 2.91. The van der Waals surface area contributed by atoms with E-state index in [2.05, 4.69) is 18.3 Å². The SMILES string of the molecule is CC1=CCN(C(=O)CNC2CC2)CC1. The molecule has 2 rings (SSSR count). The minimum absolute atomic E-state index is 0.251. The van der Waals surface area contributed by atoms with Crippen molar-refractivity contribution in [3.05, 3.63) is 11.6 Å². The van der Waals surface area contributed by atoms with Crippen molar-refractivity contribution in [3.63, 3.8) is 0 Å². The molecule has 1 N–H and O–H groups in total. The Hall–Kier alpha value is -0.830. The molecule has 1 amide bonds. The van der Waals surface area contributed by atoms with Gasteiger partial charge < -0.3 is 10.2 Å². The van der Waals surface area contributed by atoms with Crippen LogP contribution in [-0.4, -0.2) is 36.5 Å². The topological polar surface area (TPSA) is 32.3 Å². The third-order valence-electron chi connectivity index (χ3n) is 2.91. The Labute approximate surface area is 85.2 Å². The standard InChI is InChI=1S/C11H18N2O/c1-9-4-6-13(7-5-9)11(14)8-12-10-2-3-10/h4,10,12H,2-3,5-8H2,1H3.